The van der Waals surface area contributed by atoms with Crippen molar-refractivity contribution in [3.05, 3.63) is 11.6 Å². The quantitative estimate of drug-likeness (QED) is 0.764. The molecule has 2 rings (SSSR count). The molecule has 0 aliphatic carbocycles. The van der Waals surface area contributed by atoms with Gasteiger partial charge in [-0.05, 0) is 46.2 Å². The molecule has 0 saturated carbocycles. The fourth-order valence-corrected chi connectivity index (χ4v) is 2.63. The van der Waals surface area contributed by atoms with E-state index in [2.05, 4.69) is 22.1 Å². The number of rotatable bonds is 4. The van der Waals surface area contributed by atoms with Gasteiger partial charge in [0.05, 0.1) is 6.61 Å². The number of piperidine rings is 1. The molecule has 1 saturated heterocycles. The highest BCUT2D eigenvalue weighted by Gasteiger charge is 2.23. The monoisotopic (exact) mass is 266 g/mol. The van der Waals surface area contributed by atoms with Crippen molar-refractivity contribution in [3.8, 4) is 0 Å². The van der Waals surface area contributed by atoms with Crippen LogP contribution in [0.15, 0.2) is 0 Å². The molecular formula is C13H22N4O2. The van der Waals surface area contributed by atoms with Crippen LogP contribution in [0.3, 0.4) is 0 Å². The molecule has 1 aliphatic rings. The Morgan fingerprint density at radius 1 is 1.47 bits per heavy atom. The fraction of sp³-hybridized carbons (Fsp3) is 0.769. The van der Waals surface area contributed by atoms with Crippen molar-refractivity contribution in [1.29, 1.82) is 0 Å². The van der Waals surface area contributed by atoms with E-state index in [1.54, 1.807) is 6.92 Å². The molecule has 2 heterocycles. The van der Waals surface area contributed by atoms with Gasteiger partial charge in [0.25, 0.3) is 0 Å². The van der Waals surface area contributed by atoms with Crippen molar-refractivity contribution in [2.24, 2.45) is 5.92 Å². The van der Waals surface area contributed by atoms with Crippen molar-refractivity contribution in [1.82, 2.24) is 19.7 Å². The first-order valence-corrected chi connectivity index (χ1v) is 6.87. The molecule has 1 fully saturated rings. The lowest BCUT2D eigenvalue weighted by molar-refractivity contribution is 0.0502. The van der Waals surface area contributed by atoms with Crippen LogP contribution >= 0.6 is 0 Å². The van der Waals surface area contributed by atoms with Crippen LogP contribution in [0.5, 0.6) is 0 Å². The highest BCUT2D eigenvalue weighted by Crippen LogP contribution is 2.18. The van der Waals surface area contributed by atoms with Crippen LogP contribution in [0.25, 0.3) is 0 Å². The lowest BCUT2D eigenvalue weighted by atomic mass is 9.98. The number of carbonyl (C=O) groups is 1. The first-order valence-electron chi connectivity index (χ1n) is 6.87. The third kappa shape index (κ3) is 3.32. The number of ether oxygens (including phenoxy) is 1. The molecule has 0 radical (unpaired) electrons. The maximum absolute atomic E-state index is 11.8. The Morgan fingerprint density at radius 3 is 2.95 bits per heavy atom. The van der Waals surface area contributed by atoms with E-state index in [9.17, 15) is 4.79 Å². The molecular weight excluding hydrogens is 244 g/mol. The highest BCUT2D eigenvalue weighted by atomic mass is 16.5. The first-order chi connectivity index (χ1) is 9.11. The van der Waals surface area contributed by atoms with Gasteiger partial charge in [-0.25, -0.2) is 4.79 Å². The average Bonchev–Trinajstić information content (AvgIpc) is 2.72. The van der Waals surface area contributed by atoms with Crippen LogP contribution in [0.4, 0.5) is 0 Å². The number of esters is 1. The number of nitrogens with zero attached hydrogens (tertiary/aromatic N) is 4. The molecule has 6 nitrogen and oxygen atoms in total. The Kier molecular flexibility index (Phi) is 4.52. The van der Waals surface area contributed by atoms with Crippen molar-refractivity contribution in [3.63, 3.8) is 0 Å². The maximum atomic E-state index is 11.8. The van der Waals surface area contributed by atoms with Crippen molar-refractivity contribution >= 4 is 5.97 Å². The summed E-state index contributed by atoms with van der Waals surface area (Å²) in [5.74, 6) is 1.26. The zero-order chi connectivity index (χ0) is 13.8. The average molecular weight is 266 g/mol. The normalized spacial score (nSPS) is 20.5. The van der Waals surface area contributed by atoms with E-state index in [1.807, 2.05) is 11.5 Å². The Bertz CT molecular complexity index is 444. The van der Waals surface area contributed by atoms with Crippen LogP contribution in [-0.4, -0.2) is 52.4 Å². The van der Waals surface area contributed by atoms with Gasteiger partial charge in [0.2, 0.25) is 5.82 Å². The number of aryl methyl sites for hydroxylation is 1. The van der Waals surface area contributed by atoms with Crippen molar-refractivity contribution in [2.75, 3.05) is 26.7 Å². The van der Waals surface area contributed by atoms with E-state index in [4.69, 9.17) is 4.74 Å². The van der Waals surface area contributed by atoms with Gasteiger partial charge in [0.1, 0.15) is 5.82 Å². The first kappa shape index (κ1) is 14.0. The largest absolute Gasteiger partial charge is 0.460 e. The van der Waals surface area contributed by atoms with Crippen LogP contribution in [-0.2, 0) is 11.3 Å². The summed E-state index contributed by atoms with van der Waals surface area (Å²) in [6.45, 7) is 7.03. The van der Waals surface area contributed by atoms with Gasteiger partial charge in [-0.15, -0.1) is 10.2 Å². The van der Waals surface area contributed by atoms with E-state index in [0.717, 1.165) is 25.5 Å². The number of hydrogen-bond acceptors (Lipinski definition) is 5. The Morgan fingerprint density at radius 2 is 2.26 bits per heavy atom. The van der Waals surface area contributed by atoms with E-state index in [1.165, 1.54) is 12.8 Å². The SMILES string of the molecule is CCOC(=O)c1nnc(C)n1CC1CCCN(C)C1. The summed E-state index contributed by atoms with van der Waals surface area (Å²) in [5, 5.41) is 7.95. The number of aromatic nitrogens is 3. The highest BCUT2D eigenvalue weighted by molar-refractivity contribution is 5.85. The lowest BCUT2D eigenvalue weighted by Gasteiger charge is -2.30. The van der Waals surface area contributed by atoms with Crippen LogP contribution in [0.1, 0.15) is 36.2 Å². The van der Waals surface area contributed by atoms with Crippen LogP contribution in [0.2, 0.25) is 0 Å². The van der Waals surface area contributed by atoms with Crippen LogP contribution in [0, 0.1) is 12.8 Å². The summed E-state index contributed by atoms with van der Waals surface area (Å²) in [4.78, 5) is 14.2. The molecule has 0 bridgehead atoms. The molecule has 6 heteroatoms. The lowest BCUT2D eigenvalue weighted by Crippen LogP contribution is -2.34. The summed E-state index contributed by atoms with van der Waals surface area (Å²) < 4.78 is 6.91. The van der Waals surface area contributed by atoms with Crippen LogP contribution < -0.4 is 0 Å². The van der Waals surface area contributed by atoms with Gasteiger partial charge in [-0.3, -0.25) is 0 Å². The van der Waals surface area contributed by atoms with E-state index < -0.39 is 0 Å². The van der Waals surface area contributed by atoms with E-state index >= 15 is 0 Å². The molecule has 1 aromatic rings. The van der Waals surface area contributed by atoms with E-state index in [0.29, 0.717) is 18.3 Å². The molecule has 1 aromatic heterocycles. The fourth-order valence-electron chi connectivity index (χ4n) is 2.63. The molecule has 1 unspecified atom stereocenters. The molecule has 19 heavy (non-hydrogen) atoms. The minimum absolute atomic E-state index is 0.326. The Balaban J connectivity index is 2.10. The Hall–Kier alpha value is -1.43. The minimum atomic E-state index is -0.382. The zero-order valence-electron chi connectivity index (χ0n) is 11.9. The van der Waals surface area contributed by atoms with Crippen molar-refractivity contribution in [2.45, 2.75) is 33.2 Å². The van der Waals surface area contributed by atoms with E-state index in [-0.39, 0.29) is 5.97 Å². The van der Waals surface area contributed by atoms with Gasteiger partial charge >= 0.3 is 5.97 Å². The third-order valence-electron chi connectivity index (χ3n) is 3.56. The van der Waals surface area contributed by atoms with Gasteiger partial charge in [0.15, 0.2) is 0 Å². The number of hydrogen-bond donors (Lipinski definition) is 0. The molecule has 0 amide bonds. The van der Waals surface area contributed by atoms with Gasteiger partial charge in [-0.1, -0.05) is 0 Å². The smallest absolute Gasteiger partial charge is 0.376 e. The van der Waals surface area contributed by atoms with Gasteiger partial charge in [0, 0.05) is 13.1 Å². The number of carbonyl (C=O) groups excluding carboxylic acids is 1. The molecule has 1 aliphatic heterocycles. The molecule has 1 atom stereocenters. The zero-order valence-corrected chi connectivity index (χ0v) is 11.9. The second-order valence-corrected chi connectivity index (χ2v) is 5.17. The molecule has 106 valence electrons. The molecule has 0 aromatic carbocycles. The number of likely N-dealkylation sites (tertiary alicyclic amines) is 1. The topological polar surface area (TPSA) is 60.2 Å². The summed E-state index contributed by atoms with van der Waals surface area (Å²) in [6.07, 6.45) is 2.39. The van der Waals surface area contributed by atoms with Gasteiger partial charge < -0.3 is 14.2 Å². The third-order valence-corrected chi connectivity index (χ3v) is 3.56. The summed E-state index contributed by atoms with van der Waals surface area (Å²) >= 11 is 0. The Labute approximate surface area is 113 Å². The van der Waals surface area contributed by atoms with Crippen molar-refractivity contribution < 1.29 is 9.53 Å². The molecule has 0 spiro atoms. The second kappa shape index (κ2) is 6.14. The molecule has 0 N–H and O–H groups in total. The summed E-state index contributed by atoms with van der Waals surface area (Å²) in [5.41, 5.74) is 0. The predicted molar refractivity (Wildman–Crippen MR) is 70.9 cm³/mol. The summed E-state index contributed by atoms with van der Waals surface area (Å²) in [6, 6.07) is 0. The van der Waals surface area contributed by atoms with Gasteiger partial charge in [-0.2, -0.15) is 0 Å². The predicted octanol–water partition coefficient (Wildman–Crippen LogP) is 1.11. The second-order valence-electron chi connectivity index (χ2n) is 5.17. The minimum Gasteiger partial charge on any atom is -0.460 e. The standard InChI is InChI=1S/C13H22N4O2/c1-4-19-13(18)12-15-14-10(2)17(12)9-11-6-5-7-16(3)8-11/h11H,4-9H2,1-3H3. The summed E-state index contributed by atoms with van der Waals surface area (Å²) in [7, 11) is 2.14. The maximum Gasteiger partial charge on any atom is 0.376 e.